The summed E-state index contributed by atoms with van der Waals surface area (Å²) in [5, 5.41) is 0. The summed E-state index contributed by atoms with van der Waals surface area (Å²) in [5.41, 5.74) is 7.27. The lowest BCUT2D eigenvalue weighted by Crippen LogP contribution is -2.41. The lowest BCUT2D eigenvalue weighted by atomic mass is 9.81. The molecule has 1 aliphatic rings. The highest BCUT2D eigenvalue weighted by molar-refractivity contribution is 7.87. The normalized spacial score (nSPS) is 18.1. The van der Waals surface area contributed by atoms with E-state index in [2.05, 4.69) is 9.98 Å². The second-order valence-electron chi connectivity index (χ2n) is 7.73. The van der Waals surface area contributed by atoms with E-state index in [4.69, 9.17) is 14.7 Å². The standard InChI is InChI=1S/C24H24N4O5S/c1-28-22(29)24(27-23(28)25,19-8-3-6-17(14-19)18-7-5-11-26-16-18)20-9-4-10-21(15-20)33-34(30,31)13-12-32-2/h3-11,14-16H,12-13H2,1-2H3,(H2,25,27). The van der Waals surface area contributed by atoms with Crippen molar-refractivity contribution < 1.29 is 22.1 Å². The van der Waals surface area contributed by atoms with E-state index in [0.29, 0.717) is 11.1 Å². The van der Waals surface area contributed by atoms with Crippen LogP contribution in [0.1, 0.15) is 11.1 Å². The zero-order chi connectivity index (χ0) is 24.3. The Morgan fingerprint density at radius 3 is 2.38 bits per heavy atom. The number of hydrogen-bond acceptors (Lipinski definition) is 8. The molecule has 4 rings (SSSR count). The summed E-state index contributed by atoms with van der Waals surface area (Å²) < 4.78 is 34.6. The van der Waals surface area contributed by atoms with Crippen LogP contribution in [0.2, 0.25) is 0 Å². The predicted molar refractivity (Wildman–Crippen MR) is 128 cm³/mol. The number of aliphatic imine (C=N–C) groups is 1. The average Bonchev–Trinajstić information content (AvgIpc) is 3.08. The fourth-order valence-corrected chi connectivity index (χ4v) is 4.64. The number of aromatic nitrogens is 1. The summed E-state index contributed by atoms with van der Waals surface area (Å²) in [6.07, 6.45) is 3.41. The molecule has 1 unspecified atom stereocenters. The van der Waals surface area contributed by atoms with E-state index in [-0.39, 0.29) is 30.0 Å². The number of hydrogen-bond donors (Lipinski definition) is 1. The number of nitrogens with zero attached hydrogens (tertiary/aromatic N) is 3. The van der Waals surface area contributed by atoms with Gasteiger partial charge in [-0.05, 0) is 46.5 Å². The van der Waals surface area contributed by atoms with Gasteiger partial charge in [0.2, 0.25) is 0 Å². The molecule has 1 aromatic heterocycles. The van der Waals surface area contributed by atoms with Crippen molar-refractivity contribution in [1.29, 1.82) is 0 Å². The molecule has 0 spiro atoms. The fraction of sp³-hybridized carbons (Fsp3) is 0.208. The molecule has 1 aliphatic heterocycles. The van der Waals surface area contributed by atoms with Gasteiger partial charge in [0, 0.05) is 26.6 Å². The monoisotopic (exact) mass is 480 g/mol. The summed E-state index contributed by atoms with van der Waals surface area (Å²) >= 11 is 0. The molecule has 0 saturated carbocycles. The number of nitrogens with two attached hydrogens (primary N) is 1. The van der Waals surface area contributed by atoms with Gasteiger partial charge in [-0.3, -0.25) is 14.7 Å². The van der Waals surface area contributed by atoms with E-state index in [9.17, 15) is 13.2 Å². The number of methoxy groups -OCH3 is 1. The minimum Gasteiger partial charge on any atom is -0.383 e. The Labute approximate surface area is 198 Å². The molecule has 1 atom stereocenters. The number of guanidine groups is 1. The highest BCUT2D eigenvalue weighted by Crippen LogP contribution is 2.41. The number of carbonyl (C=O) groups is 1. The molecule has 0 aliphatic carbocycles. The summed E-state index contributed by atoms with van der Waals surface area (Å²) in [7, 11) is -0.935. The molecule has 0 fully saturated rings. The SMILES string of the molecule is COCCS(=O)(=O)Oc1cccc(C2(c3cccc(-c4cccnc4)c3)N=C(N)N(C)C2=O)c1. The zero-order valence-corrected chi connectivity index (χ0v) is 19.5. The number of amides is 1. The van der Waals surface area contributed by atoms with Gasteiger partial charge in [0.1, 0.15) is 11.5 Å². The molecule has 9 nitrogen and oxygen atoms in total. The Morgan fingerprint density at radius 2 is 1.74 bits per heavy atom. The van der Waals surface area contributed by atoms with Crippen LogP contribution in [-0.2, 0) is 25.2 Å². The molecule has 0 bridgehead atoms. The maximum Gasteiger partial charge on any atom is 0.311 e. The highest BCUT2D eigenvalue weighted by Gasteiger charge is 2.49. The van der Waals surface area contributed by atoms with Crippen molar-refractivity contribution in [2.24, 2.45) is 10.7 Å². The first-order valence-electron chi connectivity index (χ1n) is 10.4. The molecule has 0 saturated heterocycles. The van der Waals surface area contributed by atoms with Crippen LogP contribution in [0.5, 0.6) is 5.75 Å². The van der Waals surface area contributed by atoms with Gasteiger partial charge in [0.15, 0.2) is 11.5 Å². The lowest BCUT2D eigenvalue weighted by molar-refractivity contribution is -0.129. The molecule has 3 aromatic rings. The first kappa shape index (κ1) is 23.4. The van der Waals surface area contributed by atoms with Gasteiger partial charge in [0.05, 0.1) is 6.61 Å². The third-order valence-corrected chi connectivity index (χ3v) is 6.64. The molecule has 10 heteroatoms. The van der Waals surface area contributed by atoms with Crippen LogP contribution < -0.4 is 9.92 Å². The molecule has 2 heterocycles. The minimum absolute atomic E-state index is 0.00277. The number of pyridine rings is 1. The maximum absolute atomic E-state index is 13.6. The van der Waals surface area contributed by atoms with E-state index in [1.54, 1.807) is 37.6 Å². The molecule has 34 heavy (non-hydrogen) atoms. The third kappa shape index (κ3) is 4.37. The van der Waals surface area contributed by atoms with Crippen LogP contribution in [0.25, 0.3) is 11.1 Å². The van der Waals surface area contributed by atoms with E-state index < -0.39 is 15.7 Å². The molecular weight excluding hydrogens is 456 g/mol. The fourth-order valence-electron chi connectivity index (χ4n) is 3.79. The Bertz CT molecular complexity index is 1340. The number of carbonyl (C=O) groups excluding carboxylic acids is 1. The van der Waals surface area contributed by atoms with Crippen LogP contribution >= 0.6 is 0 Å². The minimum atomic E-state index is -3.89. The summed E-state index contributed by atoms with van der Waals surface area (Å²) in [6.45, 7) is -0.00277. The van der Waals surface area contributed by atoms with Crippen molar-refractivity contribution >= 4 is 22.0 Å². The Morgan fingerprint density at radius 1 is 1.03 bits per heavy atom. The van der Waals surface area contributed by atoms with Crippen LogP contribution in [0.3, 0.4) is 0 Å². The van der Waals surface area contributed by atoms with Crippen molar-refractivity contribution in [3.05, 3.63) is 84.2 Å². The van der Waals surface area contributed by atoms with Crippen molar-refractivity contribution in [3.63, 3.8) is 0 Å². The van der Waals surface area contributed by atoms with Crippen LogP contribution in [0.4, 0.5) is 0 Å². The highest BCUT2D eigenvalue weighted by atomic mass is 32.2. The average molecular weight is 481 g/mol. The molecule has 2 N–H and O–H groups in total. The van der Waals surface area contributed by atoms with Gasteiger partial charge in [-0.25, -0.2) is 4.99 Å². The predicted octanol–water partition coefficient (Wildman–Crippen LogP) is 2.13. The molecule has 1 amide bonds. The van der Waals surface area contributed by atoms with Crippen LogP contribution in [0, 0.1) is 0 Å². The second-order valence-corrected chi connectivity index (χ2v) is 9.42. The quantitative estimate of drug-likeness (QED) is 0.490. The van der Waals surface area contributed by atoms with Gasteiger partial charge in [-0.2, -0.15) is 8.42 Å². The van der Waals surface area contributed by atoms with E-state index in [1.165, 1.54) is 24.1 Å². The first-order chi connectivity index (χ1) is 16.3. The molecule has 2 aromatic carbocycles. The topological polar surface area (TPSA) is 124 Å². The number of likely N-dealkylation sites (N-methyl/N-ethyl adjacent to an activating group) is 1. The van der Waals surface area contributed by atoms with E-state index >= 15 is 0 Å². The van der Waals surface area contributed by atoms with Gasteiger partial charge in [-0.15, -0.1) is 0 Å². The van der Waals surface area contributed by atoms with Crippen LogP contribution in [-0.4, -0.2) is 56.7 Å². The number of ether oxygens (including phenoxy) is 1. The molecule has 0 radical (unpaired) electrons. The van der Waals surface area contributed by atoms with Gasteiger partial charge < -0.3 is 14.7 Å². The van der Waals surface area contributed by atoms with Crippen molar-refractivity contribution in [2.75, 3.05) is 26.5 Å². The zero-order valence-electron chi connectivity index (χ0n) is 18.7. The summed E-state index contributed by atoms with van der Waals surface area (Å²) in [5.74, 6) is -0.560. The number of rotatable bonds is 8. The summed E-state index contributed by atoms with van der Waals surface area (Å²) in [6, 6.07) is 17.4. The largest absolute Gasteiger partial charge is 0.383 e. The maximum atomic E-state index is 13.6. The number of benzene rings is 2. The second kappa shape index (κ2) is 9.24. The van der Waals surface area contributed by atoms with Gasteiger partial charge in [-0.1, -0.05) is 36.4 Å². The van der Waals surface area contributed by atoms with Gasteiger partial charge >= 0.3 is 10.1 Å². The smallest absolute Gasteiger partial charge is 0.311 e. The van der Waals surface area contributed by atoms with Crippen molar-refractivity contribution in [1.82, 2.24) is 9.88 Å². The molecular formula is C24H24N4O5S. The van der Waals surface area contributed by atoms with E-state index in [0.717, 1.165) is 11.1 Å². The Hall–Kier alpha value is -3.76. The molecule has 176 valence electrons. The first-order valence-corrected chi connectivity index (χ1v) is 12.0. The third-order valence-electron chi connectivity index (χ3n) is 5.53. The summed E-state index contributed by atoms with van der Waals surface area (Å²) in [4.78, 5) is 23.6. The van der Waals surface area contributed by atoms with Crippen LogP contribution in [0.15, 0.2) is 78.0 Å². The van der Waals surface area contributed by atoms with Crippen molar-refractivity contribution in [3.8, 4) is 16.9 Å². The Kier molecular flexibility index (Phi) is 6.36. The Balaban J connectivity index is 1.83. The van der Waals surface area contributed by atoms with E-state index in [1.807, 2.05) is 30.3 Å². The van der Waals surface area contributed by atoms with Crippen molar-refractivity contribution in [2.45, 2.75) is 5.54 Å². The van der Waals surface area contributed by atoms with Gasteiger partial charge in [0.25, 0.3) is 5.91 Å². The lowest BCUT2D eigenvalue weighted by Gasteiger charge is -2.27.